The SMILES string of the molecule is Cc1cc(C2=CCC[C@@H]3CCN[C@H]23)on1. The maximum absolute atomic E-state index is 5.35. The van der Waals surface area contributed by atoms with E-state index in [0.717, 1.165) is 23.9 Å². The van der Waals surface area contributed by atoms with E-state index in [0.29, 0.717) is 6.04 Å². The van der Waals surface area contributed by atoms with Crippen LogP contribution in [-0.2, 0) is 0 Å². The first kappa shape index (κ1) is 9.16. The molecule has 3 nitrogen and oxygen atoms in total. The van der Waals surface area contributed by atoms with Crippen molar-refractivity contribution in [2.45, 2.75) is 32.2 Å². The van der Waals surface area contributed by atoms with E-state index in [1.165, 1.54) is 24.8 Å². The van der Waals surface area contributed by atoms with Gasteiger partial charge in [0.2, 0.25) is 0 Å². The highest BCUT2D eigenvalue weighted by Crippen LogP contribution is 2.36. The number of aromatic nitrogens is 1. The predicted octanol–water partition coefficient (Wildman–Crippen LogP) is 2.14. The number of aryl methyl sites for hydroxylation is 1. The van der Waals surface area contributed by atoms with Crippen molar-refractivity contribution in [3.63, 3.8) is 0 Å². The highest BCUT2D eigenvalue weighted by atomic mass is 16.5. The Morgan fingerprint density at radius 2 is 2.40 bits per heavy atom. The average Bonchev–Trinajstić information content (AvgIpc) is 2.84. The number of nitrogens with zero attached hydrogens (tertiary/aromatic N) is 1. The van der Waals surface area contributed by atoms with Gasteiger partial charge in [0.1, 0.15) is 0 Å². The van der Waals surface area contributed by atoms with E-state index >= 15 is 0 Å². The van der Waals surface area contributed by atoms with Crippen LogP contribution in [-0.4, -0.2) is 17.7 Å². The lowest BCUT2D eigenvalue weighted by Gasteiger charge is -2.25. The van der Waals surface area contributed by atoms with Crippen LogP contribution in [0.1, 0.15) is 30.7 Å². The topological polar surface area (TPSA) is 38.1 Å². The lowest BCUT2D eigenvalue weighted by molar-refractivity contribution is 0.392. The van der Waals surface area contributed by atoms with Crippen LogP contribution in [0.15, 0.2) is 16.7 Å². The molecular formula is C12H16N2O. The molecule has 0 saturated carbocycles. The summed E-state index contributed by atoms with van der Waals surface area (Å²) in [7, 11) is 0. The Labute approximate surface area is 89.5 Å². The monoisotopic (exact) mass is 204 g/mol. The zero-order valence-electron chi connectivity index (χ0n) is 8.99. The molecule has 0 amide bonds. The molecule has 1 N–H and O–H groups in total. The standard InChI is InChI=1S/C12H16N2O/c1-8-7-11(15-14-8)10-4-2-3-9-5-6-13-12(9)10/h4,7,9,12-13H,2-3,5-6H2,1H3/t9-,12+/m1/s1. The van der Waals surface area contributed by atoms with Gasteiger partial charge >= 0.3 is 0 Å². The minimum Gasteiger partial charge on any atom is -0.356 e. The molecule has 3 heteroatoms. The molecule has 1 fully saturated rings. The highest BCUT2D eigenvalue weighted by molar-refractivity contribution is 5.67. The van der Waals surface area contributed by atoms with Crippen molar-refractivity contribution in [2.75, 3.05) is 6.54 Å². The Morgan fingerprint density at radius 1 is 1.47 bits per heavy atom. The summed E-state index contributed by atoms with van der Waals surface area (Å²) in [6.07, 6.45) is 6.10. The molecule has 15 heavy (non-hydrogen) atoms. The summed E-state index contributed by atoms with van der Waals surface area (Å²) in [4.78, 5) is 0. The molecule has 0 radical (unpaired) electrons. The van der Waals surface area contributed by atoms with Gasteiger partial charge in [0.15, 0.2) is 5.76 Å². The summed E-state index contributed by atoms with van der Waals surface area (Å²) in [6.45, 7) is 3.11. The highest BCUT2D eigenvalue weighted by Gasteiger charge is 2.33. The molecule has 1 aromatic rings. The fourth-order valence-electron chi connectivity index (χ4n) is 2.77. The van der Waals surface area contributed by atoms with Gasteiger partial charge in [-0.25, -0.2) is 0 Å². The normalized spacial score (nSPS) is 30.1. The van der Waals surface area contributed by atoms with Crippen LogP contribution in [0.25, 0.3) is 5.57 Å². The van der Waals surface area contributed by atoms with Crippen LogP contribution in [0.2, 0.25) is 0 Å². The summed E-state index contributed by atoms with van der Waals surface area (Å²) in [6, 6.07) is 2.54. The van der Waals surface area contributed by atoms with E-state index < -0.39 is 0 Å². The van der Waals surface area contributed by atoms with Crippen LogP contribution in [0, 0.1) is 12.8 Å². The fraction of sp³-hybridized carbons (Fsp3) is 0.583. The summed E-state index contributed by atoms with van der Waals surface area (Å²) in [5.74, 6) is 1.76. The van der Waals surface area contributed by atoms with Crippen molar-refractivity contribution >= 4 is 5.57 Å². The molecule has 2 heterocycles. The third kappa shape index (κ3) is 1.51. The molecule has 1 aliphatic carbocycles. The summed E-state index contributed by atoms with van der Waals surface area (Å²) in [5.41, 5.74) is 2.29. The molecule has 0 unspecified atom stereocenters. The molecule has 0 aromatic carbocycles. The number of hydrogen-bond acceptors (Lipinski definition) is 3. The number of rotatable bonds is 1. The van der Waals surface area contributed by atoms with Gasteiger partial charge in [-0.1, -0.05) is 11.2 Å². The van der Waals surface area contributed by atoms with E-state index in [1.807, 2.05) is 13.0 Å². The van der Waals surface area contributed by atoms with E-state index in [2.05, 4.69) is 16.5 Å². The summed E-state index contributed by atoms with van der Waals surface area (Å²) >= 11 is 0. The Kier molecular flexibility index (Phi) is 2.13. The lowest BCUT2D eigenvalue weighted by atomic mass is 9.84. The van der Waals surface area contributed by atoms with Gasteiger partial charge in [0.05, 0.1) is 5.69 Å². The molecule has 2 aliphatic rings. The first-order valence-corrected chi connectivity index (χ1v) is 5.72. The second-order valence-electron chi connectivity index (χ2n) is 4.55. The van der Waals surface area contributed by atoms with E-state index in [4.69, 9.17) is 4.52 Å². The van der Waals surface area contributed by atoms with Crippen LogP contribution in [0.5, 0.6) is 0 Å². The van der Waals surface area contributed by atoms with Gasteiger partial charge in [-0.15, -0.1) is 0 Å². The summed E-state index contributed by atoms with van der Waals surface area (Å²) < 4.78 is 5.35. The molecule has 3 rings (SSSR count). The molecule has 1 aliphatic heterocycles. The van der Waals surface area contributed by atoms with Crippen molar-refractivity contribution in [3.8, 4) is 0 Å². The minimum absolute atomic E-state index is 0.506. The summed E-state index contributed by atoms with van der Waals surface area (Å²) in [5, 5.41) is 7.52. The van der Waals surface area contributed by atoms with E-state index in [9.17, 15) is 0 Å². The molecule has 1 aromatic heterocycles. The van der Waals surface area contributed by atoms with Crippen molar-refractivity contribution in [3.05, 3.63) is 23.6 Å². The van der Waals surface area contributed by atoms with E-state index in [1.54, 1.807) is 0 Å². The van der Waals surface area contributed by atoms with Crippen molar-refractivity contribution in [1.82, 2.24) is 10.5 Å². The first-order valence-electron chi connectivity index (χ1n) is 5.72. The lowest BCUT2D eigenvalue weighted by Crippen LogP contribution is -2.30. The van der Waals surface area contributed by atoms with Crippen LogP contribution in [0.3, 0.4) is 0 Å². The van der Waals surface area contributed by atoms with Crippen LogP contribution < -0.4 is 5.32 Å². The Morgan fingerprint density at radius 3 is 3.20 bits per heavy atom. The molecule has 80 valence electrons. The zero-order valence-corrected chi connectivity index (χ0v) is 8.99. The minimum atomic E-state index is 0.506. The zero-order chi connectivity index (χ0) is 10.3. The second-order valence-corrected chi connectivity index (χ2v) is 4.55. The Balaban J connectivity index is 1.94. The molecule has 2 atom stereocenters. The van der Waals surface area contributed by atoms with E-state index in [-0.39, 0.29) is 0 Å². The van der Waals surface area contributed by atoms with Crippen LogP contribution in [0.4, 0.5) is 0 Å². The maximum atomic E-state index is 5.35. The van der Waals surface area contributed by atoms with Gasteiger partial charge < -0.3 is 9.84 Å². The number of fused-ring (bicyclic) bond motifs is 1. The maximum Gasteiger partial charge on any atom is 0.164 e. The number of nitrogens with one attached hydrogen (secondary N) is 1. The third-order valence-corrected chi connectivity index (χ3v) is 3.50. The molecule has 0 spiro atoms. The fourth-order valence-corrected chi connectivity index (χ4v) is 2.77. The van der Waals surface area contributed by atoms with Gasteiger partial charge in [-0.3, -0.25) is 0 Å². The quantitative estimate of drug-likeness (QED) is 0.761. The Bertz CT molecular complexity index is 394. The van der Waals surface area contributed by atoms with Crippen molar-refractivity contribution in [2.24, 2.45) is 5.92 Å². The molecule has 0 bridgehead atoms. The number of allylic oxidation sites excluding steroid dienone is 1. The van der Waals surface area contributed by atoms with Crippen molar-refractivity contribution in [1.29, 1.82) is 0 Å². The second kappa shape index (κ2) is 3.49. The molecule has 1 saturated heterocycles. The predicted molar refractivity (Wildman–Crippen MR) is 58.3 cm³/mol. The third-order valence-electron chi connectivity index (χ3n) is 3.50. The van der Waals surface area contributed by atoms with Gasteiger partial charge in [0, 0.05) is 17.7 Å². The van der Waals surface area contributed by atoms with Gasteiger partial charge in [-0.05, 0) is 38.6 Å². The molecular weight excluding hydrogens is 188 g/mol. The Hall–Kier alpha value is -1.09. The first-order chi connectivity index (χ1) is 7.34. The van der Waals surface area contributed by atoms with Crippen LogP contribution >= 0.6 is 0 Å². The number of hydrogen-bond donors (Lipinski definition) is 1. The van der Waals surface area contributed by atoms with Crippen molar-refractivity contribution < 1.29 is 4.52 Å². The largest absolute Gasteiger partial charge is 0.356 e. The smallest absolute Gasteiger partial charge is 0.164 e. The van der Waals surface area contributed by atoms with Gasteiger partial charge in [-0.2, -0.15) is 0 Å². The van der Waals surface area contributed by atoms with Gasteiger partial charge in [0.25, 0.3) is 0 Å². The average molecular weight is 204 g/mol.